The van der Waals surface area contributed by atoms with E-state index in [1.807, 2.05) is 19.9 Å². The molecule has 0 fully saturated rings. The average Bonchev–Trinajstić information content (AvgIpc) is 3.17. The molecule has 0 aromatic heterocycles. The molecular weight excluding hydrogens is 371 g/mol. The number of ether oxygens (including phenoxy) is 1. The molecule has 3 rings (SSSR count). The Morgan fingerprint density at radius 2 is 1.79 bits per heavy atom. The molecular formula is C23H27FN2O3. The second-order valence-electron chi connectivity index (χ2n) is 7.63. The molecule has 29 heavy (non-hydrogen) atoms. The number of aryl methyl sites for hydroxylation is 2. The number of carbonyl (C=O) groups is 2. The van der Waals surface area contributed by atoms with E-state index in [-0.39, 0.29) is 11.8 Å². The second kappa shape index (κ2) is 9.54. The molecule has 2 N–H and O–H groups in total. The highest BCUT2D eigenvalue weighted by atomic mass is 19.1. The lowest BCUT2D eigenvalue weighted by molar-refractivity contribution is -0.124. The summed E-state index contributed by atoms with van der Waals surface area (Å²) >= 11 is 0. The van der Waals surface area contributed by atoms with Gasteiger partial charge in [-0.25, -0.2) is 4.39 Å². The normalized spacial score (nSPS) is 13.7. The monoisotopic (exact) mass is 398 g/mol. The van der Waals surface area contributed by atoms with Crippen molar-refractivity contribution < 1.29 is 18.7 Å². The van der Waals surface area contributed by atoms with Crippen molar-refractivity contribution in [3.8, 4) is 5.75 Å². The standard InChI is InChI=1S/C23H27FN2O3/c1-15(2)21(26-22(27)17-6-9-19(24)10-7-17)23(28)25-12-13-29-20-11-8-16-4-3-5-18(16)14-20/h6-11,14-15,21H,3-5,12-13H2,1-2H3,(H,25,28)(H,26,27). The van der Waals surface area contributed by atoms with Crippen molar-refractivity contribution in [2.24, 2.45) is 5.92 Å². The molecule has 6 heteroatoms. The highest BCUT2D eigenvalue weighted by Crippen LogP contribution is 2.25. The summed E-state index contributed by atoms with van der Waals surface area (Å²) < 4.78 is 18.8. The summed E-state index contributed by atoms with van der Waals surface area (Å²) in [6.07, 6.45) is 3.41. The van der Waals surface area contributed by atoms with E-state index in [2.05, 4.69) is 22.8 Å². The van der Waals surface area contributed by atoms with Gasteiger partial charge in [-0.2, -0.15) is 0 Å². The first-order chi connectivity index (χ1) is 13.9. The minimum absolute atomic E-state index is 0.1000. The molecule has 1 aliphatic carbocycles. The number of benzene rings is 2. The minimum atomic E-state index is -0.687. The number of rotatable bonds is 8. The Kier molecular flexibility index (Phi) is 6.86. The van der Waals surface area contributed by atoms with Gasteiger partial charge in [0.25, 0.3) is 5.91 Å². The van der Waals surface area contributed by atoms with E-state index >= 15 is 0 Å². The summed E-state index contributed by atoms with van der Waals surface area (Å²) in [6, 6.07) is 10.7. The second-order valence-corrected chi connectivity index (χ2v) is 7.63. The number of nitrogens with one attached hydrogen (secondary N) is 2. The SMILES string of the molecule is CC(C)C(NC(=O)c1ccc(F)cc1)C(=O)NCCOc1ccc2c(c1)CCC2. The van der Waals surface area contributed by atoms with Crippen LogP contribution in [0.1, 0.15) is 41.8 Å². The van der Waals surface area contributed by atoms with Crippen LogP contribution in [0.25, 0.3) is 0 Å². The number of halogens is 1. The van der Waals surface area contributed by atoms with Gasteiger partial charge in [-0.1, -0.05) is 19.9 Å². The Labute approximate surface area is 170 Å². The van der Waals surface area contributed by atoms with Gasteiger partial charge in [-0.05, 0) is 72.7 Å². The van der Waals surface area contributed by atoms with Gasteiger partial charge < -0.3 is 15.4 Å². The van der Waals surface area contributed by atoms with Crippen molar-refractivity contribution in [2.75, 3.05) is 13.2 Å². The van der Waals surface area contributed by atoms with E-state index in [0.717, 1.165) is 18.6 Å². The summed E-state index contributed by atoms with van der Waals surface area (Å²) in [5.41, 5.74) is 3.04. The van der Waals surface area contributed by atoms with Crippen LogP contribution < -0.4 is 15.4 Å². The van der Waals surface area contributed by atoms with Crippen LogP contribution in [0.3, 0.4) is 0 Å². The van der Waals surface area contributed by atoms with Crippen molar-refractivity contribution in [1.29, 1.82) is 0 Å². The highest BCUT2D eigenvalue weighted by Gasteiger charge is 2.24. The van der Waals surface area contributed by atoms with E-state index in [1.165, 1.54) is 41.8 Å². The van der Waals surface area contributed by atoms with Crippen molar-refractivity contribution in [3.63, 3.8) is 0 Å². The maximum Gasteiger partial charge on any atom is 0.251 e. The zero-order chi connectivity index (χ0) is 20.8. The fraction of sp³-hybridized carbons (Fsp3) is 0.391. The summed E-state index contributed by atoms with van der Waals surface area (Å²) in [6.45, 7) is 4.40. The van der Waals surface area contributed by atoms with Crippen molar-refractivity contribution in [2.45, 2.75) is 39.2 Å². The molecule has 1 aliphatic rings. The fourth-order valence-electron chi connectivity index (χ4n) is 3.45. The first-order valence-corrected chi connectivity index (χ1v) is 10.0. The average molecular weight is 398 g/mol. The lowest BCUT2D eigenvalue weighted by Gasteiger charge is -2.22. The van der Waals surface area contributed by atoms with Crippen molar-refractivity contribution in [1.82, 2.24) is 10.6 Å². The maximum atomic E-state index is 13.0. The van der Waals surface area contributed by atoms with E-state index < -0.39 is 17.8 Å². The van der Waals surface area contributed by atoms with Gasteiger partial charge in [-0.15, -0.1) is 0 Å². The lowest BCUT2D eigenvalue weighted by Crippen LogP contribution is -2.50. The molecule has 2 amide bonds. The number of hydrogen-bond donors (Lipinski definition) is 2. The first kappa shape index (κ1) is 20.8. The van der Waals surface area contributed by atoms with Crippen LogP contribution >= 0.6 is 0 Å². The van der Waals surface area contributed by atoms with Gasteiger partial charge in [-0.3, -0.25) is 9.59 Å². The number of carbonyl (C=O) groups excluding carboxylic acids is 2. The highest BCUT2D eigenvalue weighted by molar-refractivity contribution is 5.97. The first-order valence-electron chi connectivity index (χ1n) is 10.0. The molecule has 5 nitrogen and oxygen atoms in total. The molecule has 1 unspecified atom stereocenters. The van der Waals surface area contributed by atoms with Crippen molar-refractivity contribution >= 4 is 11.8 Å². The third-order valence-electron chi connectivity index (χ3n) is 5.08. The third kappa shape index (κ3) is 5.56. The van der Waals surface area contributed by atoms with E-state index in [9.17, 15) is 14.0 Å². The van der Waals surface area contributed by atoms with Crippen LogP contribution in [-0.2, 0) is 17.6 Å². The smallest absolute Gasteiger partial charge is 0.251 e. The molecule has 0 saturated heterocycles. The van der Waals surface area contributed by atoms with Gasteiger partial charge >= 0.3 is 0 Å². The molecule has 0 saturated carbocycles. The molecule has 2 aromatic rings. The predicted molar refractivity (Wildman–Crippen MR) is 109 cm³/mol. The molecule has 1 atom stereocenters. The summed E-state index contributed by atoms with van der Waals surface area (Å²) in [7, 11) is 0. The van der Waals surface area contributed by atoms with Crippen LogP contribution in [0.5, 0.6) is 5.75 Å². The third-order valence-corrected chi connectivity index (χ3v) is 5.08. The van der Waals surface area contributed by atoms with Crippen LogP contribution in [0, 0.1) is 11.7 Å². The van der Waals surface area contributed by atoms with Gasteiger partial charge in [0.2, 0.25) is 5.91 Å². The van der Waals surface area contributed by atoms with Crippen LogP contribution in [0.15, 0.2) is 42.5 Å². The van der Waals surface area contributed by atoms with Crippen LogP contribution in [0.4, 0.5) is 4.39 Å². The Morgan fingerprint density at radius 3 is 2.52 bits per heavy atom. The zero-order valence-electron chi connectivity index (χ0n) is 16.8. The topological polar surface area (TPSA) is 67.4 Å². The van der Waals surface area contributed by atoms with Crippen molar-refractivity contribution in [3.05, 3.63) is 65.0 Å². The number of amides is 2. The Balaban J connectivity index is 1.48. The van der Waals surface area contributed by atoms with Gasteiger partial charge in [0.15, 0.2) is 0 Å². The number of hydrogen-bond acceptors (Lipinski definition) is 3. The Hall–Kier alpha value is -2.89. The Morgan fingerprint density at radius 1 is 1.07 bits per heavy atom. The molecule has 0 heterocycles. The predicted octanol–water partition coefficient (Wildman–Crippen LogP) is 3.26. The van der Waals surface area contributed by atoms with E-state index in [0.29, 0.717) is 18.7 Å². The molecule has 0 spiro atoms. The molecule has 2 aromatic carbocycles. The summed E-state index contributed by atoms with van der Waals surface area (Å²) in [5, 5.41) is 5.54. The van der Waals surface area contributed by atoms with Crippen LogP contribution in [0.2, 0.25) is 0 Å². The summed E-state index contributed by atoms with van der Waals surface area (Å²) in [4.78, 5) is 24.9. The molecule has 0 radical (unpaired) electrons. The quantitative estimate of drug-likeness (QED) is 0.671. The molecule has 0 aliphatic heterocycles. The minimum Gasteiger partial charge on any atom is -0.492 e. The van der Waals surface area contributed by atoms with Gasteiger partial charge in [0, 0.05) is 5.56 Å². The Bertz CT molecular complexity index is 865. The fourth-order valence-corrected chi connectivity index (χ4v) is 3.45. The zero-order valence-corrected chi connectivity index (χ0v) is 16.8. The molecule has 154 valence electrons. The van der Waals surface area contributed by atoms with E-state index in [4.69, 9.17) is 4.74 Å². The van der Waals surface area contributed by atoms with E-state index in [1.54, 1.807) is 0 Å². The number of fused-ring (bicyclic) bond motifs is 1. The summed E-state index contributed by atoms with van der Waals surface area (Å²) in [5.74, 6) is -0.383. The maximum absolute atomic E-state index is 13.0. The molecule has 0 bridgehead atoms. The van der Waals surface area contributed by atoms with Gasteiger partial charge in [0.1, 0.15) is 24.2 Å². The largest absolute Gasteiger partial charge is 0.492 e. The lowest BCUT2D eigenvalue weighted by atomic mass is 10.0. The van der Waals surface area contributed by atoms with Crippen LogP contribution in [-0.4, -0.2) is 31.0 Å². The van der Waals surface area contributed by atoms with Gasteiger partial charge in [0.05, 0.1) is 6.54 Å².